The standard InChI is InChI=1S/C26H38N2O3S2/c1-25-14-12-20-18(9-11-23-26(20,2)15-13-24(29)28(23)3)19(25)10-8-17(25)16-27-33(30,31)22-7-5-4-6-21(22)32/h4-5,7,17-20,23,27H,6,8-16H2,1-3H3/t17-,18+,19+,20+,23-,25-,26-/m1/s1. The van der Waals surface area contributed by atoms with Crippen molar-refractivity contribution in [3.05, 3.63) is 23.1 Å². The minimum absolute atomic E-state index is 0.185. The Bertz CT molecular complexity index is 1020. The van der Waals surface area contributed by atoms with Gasteiger partial charge in [0.2, 0.25) is 15.9 Å². The Kier molecular flexibility index (Phi) is 5.93. The molecule has 5 nitrogen and oxygen atoms in total. The molecule has 3 saturated carbocycles. The normalized spacial score (nSPS) is 43.1. The smallest absolute Gasteiger partial charge is 0.241 e. The Hall–Kier alpha value is -1.05. The van der Waals surface area contributed by atoms with E-state index in [1.165, 1.54) is 19.3 Å². The molecule has 1 saturated heterocycles. The number of fused-ring (bicyclic) bond motifs is 5. The third-order valence-corrected chi connectivity index (χ3v) is 12.5. The summed E-state index contributed by atoms with van der Waals surface area (Å²) in [6.45, 7) is 5.39. The van der Waals surface area contributed by atoms with E-state index in [1.54, 1.807) is 12.2 Å². The first-order chi connectivity index (χ1) is 15.6. The number of hydrogen-bond donors (Lipinski definition) is 1. The zero-order valence-corrected chi connectivity index (χ0v) is 21.8. The minimum Gasteiger partial charge on any atom is -0.342 e. The summed E-state index contributed by atoms with van der Waals surface area (Å²) in [4.78, 5) is 15.2. The molecule has 33 heavy (non-hydrogen) atoms. The number of thiocarbonyl (C=S) groups is 1. The summed E-state index contributed by atoms with van der Waals surface area (Å²) in [5, 5.41) is 0. The zero-order chi connectivity index (χ0) is 23.6. The van der Waals surface area contributed by atoms with Gasteiger partial charge in [-0.05, 0) is 85.5 Å². The molecule has 1 N–H and O–H groups in total. The number of amides is 1. The average Bonchev–Trinajstić information content (AvgIpc) is 3.12. The molecule has 1 heterocycles. The number of carbonyl (C=O) groups excluding carboxylic acids is 1. The lowest BCUT2D eigenvalue weighted by molar-refractivity contribution is -0.158. The number of carbonyl (C=O) groups is 1. The summed E-state index contributed by atoms with van der Waals surface area (Å²) in [5.74, 6) is 2.72. The van der Waals surface area contributed by atoms with E-state index in [2.05, 4.69) is 23.5 Å². The van der Waals surface area contributed by atoms with Crippen molar-refractivity contribution in [1.82, 2.24) is 9.62 Å². The maximum Gasteiger partial charge on any atom is 0.241 e. The molecular weight excluding hydrogens is 452 g/mol. The van der Waals surface area contributed by atoms with Crippen molar-refractivity contribution in [2.45, 2.75) is 77.7 Å². The number of allylic oxidation sites excluding steroid dienone is 4. The summed E-state index contributed by atoms with van der Waals surface area (Å²) in [6, 6.07) is 0.384. The van der Waals surface area contributed by atoms with Crippen LogP contribution < -0.4 is 4.72 Å². The number of nitrogens with zero attached hydrogens (tertiary/aromatic N) is 1. The van der Waals surface area contributed by atoms with E-state index in [0.717, 1.165) is 25.7 Å². The van der Waals surface area contributed by atoms with Gasteiger partial charge in [0.15, 0.2) is 0 Å². The molecule has 7 heteroatoms. The van der Waals surface area contributed by atoms with E-state index in [1.807, 2.05) is 13.1 Å². The van der Waals surface area contributed by atoms with Crippen molar-refractivity contribution < 1.29 is 13.2 Å². The Labute approximate surface area is 204 Å². The van der Waals surface area contributed by atoms with Crippen LogP contribution >= 0.6 is 12.2 Å². The summed E-state index contributed by atoms with van der Waals surface area (Å²) in [5.41, 5.74) is 0.411. The van der Waals surface area contributed by atoms with Crippen molar-refractivity contribution in [1.29, 1.82) is 0 Å². The third-order valence-electron chi connectivity index (χ3n) is 10.5. The van der Waals surface area contributed by atoms with Crippen LogP contribution in [0.15, 0.2) is 23.1 Å². The second-order valence-corrected chi connectivity index (χ2v) is 14.0. The lowest BCUT2D eigenvalue weighted by Gasteiger charge is -2.61. The van der Waals surface area contributed by atoms with Gasteiger partial charge in [0, 0.05) is 37.3 Å². The van der Waals surface area contributed by atoms with Crippen LogP contribution in [0, 0.1) is 34.5 Å². The van der Waals surface area contributed by atoms with Crippen LogP contribution in [0.5, 0.6) is 0 Å². The van der Waals surface area contributed by atoms with Gasteiger partial charge in [-0.2, -0.15) is 0 Å². The number of rotatable bonds is 4. The van der Waals surface area contributed by atoms with Crippen LogP contribution in [0.1, 0.15) is 71.6 Å². The van der Waals surface area contributed by atoms with Crippen LogP contribution in [0.25, 0.3) is 0 Å². The fourth-order valence-corrected chi connectivity index (χ4v) is 10.4. The van der Waals surface area contributed by atoms with Gasteiger partial charge >= 0.3 is 0 Å². The molecule has 0 radical (unpaired) electrons. The van der Waals surface area contributed by atoms with Crippen LogP contribution in [-0.4, -0.2) is 43.7 Å². The second-order valence-electron chi connectivity index (χ2n) is 11.7. The van der Waals surface area contributed by atoms with Gasteiger partial charge < -0.3 is 4.90 Å². The number of piperidine rings is 1. The number of sulfonamides is 1. The predicted octanol–water partition coefficient (Wildman–Crippen LogP) is 4.60. The van der Waals surface area contributed by atoms with Crippen molar-refractivity contribution >= 4 is 33.0 Å². The van der Waals surface area contributed by atoms with Gasteiger partial charge in [-0.15, -0.1) is 0 Å². The van der Waals surface area contributed by atoms with Crippen LogP contribution in [0.3, 0.4) is 0 Å². The lowest BCUT2D eigenvalue weighted by atomic mass is 9.47. The lowest BCUT2D eigenvalue weighted by Crippen LogP contribution is -2.61. The molecule has 4 aliphatic carbocycles. The van der Waals surface area contributed by atoms with E-state index in [4.69, 9.17) is 12.2 Å². The Morgan fingerprint density at radius 2 is 1.85 bits per heavy atom. The fourth-order valence-electron chi connectivity index (χ4n) is 8.65. The molecule has 5 rings (SSSR count). The van der Waals surface area contributed by atoms with Crippen LogP contribution in [0.2, 0.25) is 0 Å². The highest BCUT2D eigenvalue weighted by atomic mass is 32.2. The molecular formula is C26H38N2O3S2. The van der Waals surface area contributed by atoms with Gasteiger partial charge in [-0.25, -0.2) is 13.1 Å². The van der Waals surface area contributed by atoms with Gasteiger partial charge in [-0.1, -0.05) is 38.2 Å². The molecule has 182 valence electrons. The zero-order valence-electron chi connectivity index (χ0n) is 20.2. The van der Waals surface area contributed by atoms with E-state index >= 15 is 0 Å². The molecule has 0 unspecified atom stereocenters. The highest BCUT2D eigenvalue weighted by Crippen LogP contribution is 2.66. The summed E-state index contributed by atoms with van der Waals surface area (Å²) < 4.78 is 28.9. The van der Waals surface area contributed by atoms with Gasteiger partial charge in [0.05, 0.1) is 4.91 Å². The summed E-state index contributed by atoms with van der Waals surface area (Å²) in [6.07, 6.45) is 14.5. The molecule has 1 aliphatic heterocycles. The Balaban J connectivity index is 1.31. The van der Waals surface area contributed by atoms with Crippen molar-refractivity contribution in [2.24, 2.45) is 34.5 Å². The van der Waals surface area contributed by atoms with Crippen molar-refractivity contribution in [3.63, 3.8) is 0 Å². The molecule has 0 aromatic rings. The molecule has 7 atom stereocenters. The average molecular weight is 491 g/mol. The summed E-state index contributed by atoms with van der Waals surface area (Å²) in [7, 11) is -1.55. The molecule has 0 bridgehead atoms. The minimum atomic E-state index is -3.56. The maximum absolute atomic E-state index is 13.0. The van der Waals surface area contributed by atoms with Crippen LogP contribution in [0.4, 0.5) is 0 Å². The number of hydrogen-bond acceptors (Lipinski definition) is 4. The molecule has 0 aromatic heterocycles. The molecule has 1 amide bonds. The van der Waals surface area contributed by atoms with E-state index < -0.39 is 10.0 Å². The maximum atomic E-state index is 13.0. The largest absolute Gasteiger partial charge is 0.342 e. The van der Waals surface area contributed by atoms with E-state index in [0.29, 0.717) is 59.9 Å². The Morgan fingerprint density at radius 3 is 2.61 bits per heavy atom. The Morgan fingerprint density at radius 1 is 1.09 bits per heavy atom. The fraction of sp³-hybridized carbons (Fsp3) is 0.769. The highest BCUT2D eigenvalue weighted by molar-refractivity contribution is 7.96. The second kappa shape index (κ2) is 8.27. The van der Waals surface area contributed by atoms with Crippen molar-refractivity contribution in [3.8, 4) is 0 Å². The third kappa shape index (κ3) is 3.68. The van der Waals surface area contributed by atoms with Gasteiger partial charge in [0.25, 0.3) is 0 Å². The molecule has 0 spiro atoms. The predicted molar refractivity (Wildman–Crippen MR) is 135 cm³/mol. The summed E-state index contributed by atoms with van der Waals surface area (Å²) >= 11 is 5.31. The van der Waals surface area contributed by atoms with E-state index in [9.17, 15) is 13.2 Å². The van der Waals surface area contributed by atoms with Gasteiger partial charge in [0.1, 0.15) is 0 Å². The highest BCUT2D eigenvalue weighted by Gasteiger charge is 2.61. The van der Waals surface area contributed by atoms with Crippen LogP contribution in [-0.2, 0) is 14.8 Å². The SMILES string of the molecule is CN1C(=O)CC[C@]2(C)[C@H]3CC[C@]4(C)[C@@H](CNS(=O)(=O)C5=CC=CCC5=S)CC[C@H]4[C@@H]3CC[C@@H]12. The first-order valence-electron chi connectivity index (χ1n) is 12.7. The number of nitrogens with one attached hydrogen (secondary N) is 1. The first kappa shape index (κ1) is 23.7. The van der Waals surface area contributed by atoms with Gasteiger partial charge in [-0.3, -0.25) is 4.79 Å². The quantitative estimate of drug-likeness (QED) is 0.585. The molecule has 4 fully saturated rings. The van der Waals surface area contributed by atoms with Crippen molar-refractivity contribution in [2.75, 3.05) is 13.6 Å². The molecule has 5 aliphatic rings. The topological polar surface area (TPSA) is 66.5 Å². The monoisotopic (exact) mass is 490 g/mol. The van der Waals surface area contributed by atoms with E-state index in [-0.39, 0.29) is 15.7 Å². The molecule has 0 aromatic carbocycles. The first-order valence-corrected chi connectivity index (χ1v) is 14.6. The number of likely N-dealkylation sites (tertiary alicyclic amines) is 1.